The van der Waals surface area contributed by atoms with Crippen molar-refractivity contribution >= 4 is 23.0 Å². The number of nitrogens with two attached hydrogens (primary N) is 1. The zero-order valence-corrected chi connectivity index (χ0v) is 12.4. The van der Waals surface area contributed by atoms with Crippen LogP contribution >= 0.6 is 11.3 Å². The number of anilines is 1. The number of benzene rings is 1. The molecule has 0 spiro atoms. The molecule has 0 aliphatic heterocycles. The summed E-state index contributed by atoms with van der Waals surface area (Å²) in [5.74, 6) is 1.18. The summed E-state index contributed by atoms with van der Waals surface area (Å²) in [6.07, 6.45) is 0.952. The van der Waals surface area contributed by atoms with Gasteiger partial charge < -0.3 is 15.8 Å². The number of thiazole rings is 1. The summed E-state index contributed by atoms with van der Waals surface area (Å²) in [4.78, 5) is 8.72. The standard InChI is InChI=1S/C14H18N4OS/c1-3-13-17-11(9-20-13)8-16-14(15)18-10-4-6-12(19-2)7-5-10/h4-7,9H,3,8H2,1-2H3,(H3,15,16,18). The van der Waals surface area contributed by atoms with E-state index >= 15 is 0 Å². The third-order valence-electron chi connectivity index (χ3n) is 2.68. The second kappa shape index (κ2) is 6.91. The molecule has 0 aliphatic carbocycles. The highest BCUT2D eigenvalue weighted by Gasteiger charge is 2.00. The monoisotopic (exact) mass is 290 g/mol. The van der Waals surface area contributed by atoms with Crippen molar-refractivity contribution in [2.24, 2.45) is 10.7 Å². The largest absolute Gasteiger partial charge is 0.497 e. The van der Waals surface area contributed by atoms with Crippen LogP contribution in [-0.2, 0) is 13.0 Å². The van der Waals surface area contributed by atoms with Gasteiger partial charge in [-0.2, -0.15) is 0 Å². The second-order valence-electron chi connectivity index (χ2n) is 4.14. The van der Waals surface area contributed by atoms with Crippen LogP contribution in [-0.4, -0.2) is 18.1 Å². The molecule has 0 atom stereocenters. The minimum absolute atomic E-state index is 0.376. The molecule has 2 rings (SSSR count). The maximum Gasteiger partial charge on any atom is 0.193 e. The predicted molar refractivity (Wildman–Crippen MR) is 83.4 cm³/mol. The van der Waals surface area contributed by atoms with Gasteiger partial charge in [0, 0.05) is 11.1 Å². The molecular weight excluding hydrogens is 272 g/mol. The van der Waals surface area contributed by atoms with E-state index in [1.54, 1.807) is 18.4 Å². The number of ether oxygens (including phenoxy) is 1. The summed E-state index contributed by atoms with van der Waals surface area (Å²) in [7, 11) is 1.64. The van der Waals surface area contributed by atoms with Crippen molar-refractivity contribution in [1.82, 2.24) is 4.98 Å². The number of aromatic nitrogens is 1. The fourth-order valence-electron chi connectivity index (χ4n) is 1.61. The van der Waals surface area contributed by atoms with Gasteiger partial charge in [-0.1, -0.05) is 6.92 Å². The Kier molecular flexibility index (Phi) is 4.95. The average Bonchev–Trinajstić information content (AvgIpc) is 2.94. The molecule has 1 aromatic carbocycles. The number of aryl methyl sites for hydroxylation is 1. The lowest BCUT2D eigenvalue weighted by Crippen LogP contribution is -2.22. The lowest BCUT2D eigenvalue weighted by Gasteiger charge is -2.06. The van der Waals surface area contributed by atoms with Crippen molar-refractivity contribution in [1.29, 1.82) is 0 Å². The van der Waals surface area contributed by atoms with Gasteiger partial charge in [0.1, 0.15) is 5.75 Å². The molecule has 1 aromatic heterocycles. The smallest absolute Gasteiger partial charge is 0.193 e. The van der Waals surface area contributed by atoms with Crippen LogP contribution in [0, 0.1) is 0 Å². The SMILES string of the molecule is CCc1nc(CN=C(N)Nc2ccc(OC)cc2)cs1. The number of nitrogens with zero attached hydrogens (tertiary/aromatic N) is 2. The fourth-order valence-corrected chi connectivity index (χ4v) is 2.35. The van der Waals surface area contributed by atoms with Gasteiger partial charge in [-0.25, -0.2) is 9.98 Å². The lowest BCUT2D eigenvalue weighted by atomic mass is 10.3. The molecule has 0 unspecified atom stereocenters. The molecule has 6 heteroatoms. The van der Waals surface area contributed by atoms with Crippen LogP contribution in [0.1, 0.15) is 17.6 Å². The number of methoxy groups -OCH3 is 1. The van der Waals surface area contributed by atoms with E-state index in [0.29, 0.717) is 12.5 Å². The summed E-state index contributed by atoms with van der Waals surface area (Å²) in [6, 6.07) is 7.51. The van der Waals surface area contributed by atoms with E-state index in [-0.39, 0.29) is 0 Å². The van der Waals surface area contributed by atoms with Crippen LogP contribution in [0.5, 0.6) is 5.75 Å². The van der Waals surface area contributed by atoms with E-state index in [9.17, 15) is 0 Å². The first-order valence-electron chi connectivity index (χ1n) is 6.35. The molecule has 2 aromatic rings. The van der Waals surface area contributed by atoms with Crippen LogP contribution in [0.25, 0.3) is 0 Å². The summed E-state index contributed by atoms with van der Waals surface area (Å²) < 4.78 is 5.10. The Morgan fingerprint density at radius 2 is 2.15 bits per heavy atom. The van der Waals surface area contributed by atoms with Gasteiger partial charge in [-0.3, -0.25) is 0 Å². The number of aliphatic imine (C=N–C) groups is 1. The van der Waals surface area contributed by atoms with Crippen molar-refractivity contribution in [2.75, 3.05) is 12.4 Å². The third kappa shape index (κ3) is 3.96. The number of hydrogen-bond acceptors (Lipinski definition) is 4. The molecule has 3 N–H and O–H groups in total. The zero-order chi connectivity index (χ0) is 14.4. The van der Waals surface area contributed by atoms with E-state index in [2.05, 4.69) is 22.2 Å². The third-order valence-corrected chi connectivity index (χ3v) is 3.72. The maximum atomic E-state index is 5.85. The topological polar surface area (TPSA) is 72.5 Å². The number of hydrogen-bond donors (Lipinski definition) is 2. The molecule has 0 saturated heterocycles. The molecule has 0 aliphatic rings. The van der Waals surface area contributed by atoms with Crippen molar-refractivity contribution in [2.45, 2.75) is 19.9 Å². The van der Waals surface area contributed by atoms with E-state index in [4.69, 9.17) is 10.5 Å². The van der Waals surface area contributed by atoms with E-state index in [1.807, 2.05) is 29.6 Å². The second-order valence-corrected chi connectivity index (χ2v) is 5.08. The first kappa shape index (κ1) is 14.3. The average molecular weight is 290 g/mol. The van der Waals surface area contributed by atoms with Gasteiger partial charge in [0.05, 0.1) is 24.4 Å². The van der Waals surface area contributed by atoms with Crippen LogP contribution in [0.3, 0.4) is 0 Å². The Hall–Kier alpha value is -2.08. The van der Waals surface area contributed by atoms with Gasteiger partial charge in [-0.05, 0) is 30.7 Å². The van der Waals surface area contributed by atoms with Crippen LogP contribution in [0.4, 0.5) is 5.69 Å². The Bertz CT molecular complexity index is 577. The molecule has 0 saturated carbocycles. The Balaban J connectivity index is 1.92. The van der Waals surface area contributed by atoms with Crippen molar-refractivity contribution < 1.29 is 4.74 Å². The van der Waals surface area contributed by atoms with E-state index in [1.165, 1.54) is 0 Å². The highest BCUT2D eigenvalue weighted by molar-refractivity contribution is 7.09. The molecule has 20 heavy (non-hydrogen) atoms. The van der Waals surface area contributed by atoms with Crippen molar-refractivity contribution in [3.05, 3.63) is 40.3 Å². The van der Waals surface area contributed by atoms with Crippen LogP contribution in [0.2, 0.25) is 0 Å². The first-order chi connectivity index (χ1) is 9.71. The molecule has 0 radical (unpaired) electrons. The Morgan fingerprint density at radius 1 is 1.40 bits per heavy atom. The summed E-state index contributed by atoms with van der Waals surface area (Å²) in [5, 5.41) is 6.17. The van der Waals surface area contributed by atoms with Gasteiger partial charge >= 0.3 is 0 Å². The molecule has 1 heterocycles. The zero-order valence-electron chi connectivity index (χ0n) is 11.6. The number of rotatable bonds is 5. The van der Waals surface area contributed by atoms with Crippen LogP contribution < -0.4 is 15.8 Å². The number of guanidine groups is 1. The summed E-state index contributed by atoms with van der Waals surface area (Å²) >= 11 is 1.65. The molecule has 0 bridgehead atoms. The normalized spacial score (nSPS) is 11.4. The fraction of sp³-hybridized carbons (Fsp3) is 0.286. The van der Waals surface area contributed by atoms with E-state index in [0.717, 1.165) is 28.6 Å². The Morgan fingerprint density at radius 3 is 2.75 bits per heavy atom. The highest BCUT2D eigenvalue weighted by Crippen LogP contribution is 2.15. The maximum absolute atomic E-state index is 5.85. The Labute approximate surface area is 122 Å². The van der Waals surface area contributed by atoms with Gasteiger partial charge in [0.15, 0.2) is 5.96 Å². The van der Waals surface area contributed by atoms with Gasteiger partial charge in [-0.15, -0.1) is 11.3 Å². The molecule has 0 amide bonds. The quantitative estimate of drug-likeness (QED) is 0.656. The predicted octanol–water partition coefficient (Wildman–Crippen LogP) is 2.64. The molecule has 0 fully saturated rings. The summed E-state index contributed by atoms with van der Waals surface area (Å²) in [6.45, 7) is 2.58. The van der Waals surface area contributed by atoms with Crippen molar-refractivity contribution in [3.63, 3.8) is 0 Å². The molecule has 106 valence electrons. The van der Waals surface area contributed by atoms with Gasteiger partial charge in [0.2, 0.25) is 0 Å². The summed E-state index contributed by atoms with van der Waals surface area (Å²) in [5.41, 5.74) is 7.67. The van der Waals surface area contributed by atoms with Crippen LogP contribution in [0.15, 0.2) is 34.6 Å². The minimum Gasteiger partial charge on any atom is -0.497 e. The lowest BCUT2D eigenvalue weighted by molar-refractivity contribution is 0.415. The molecule has 5 nitrogen and oxygen atoms in total. The van der Waals surface area contributed by atoms with Crippen molar-refractivity contribution in [3.8, 4) is 5.75 Å². The molecular formula is C14H18N4OS. The first-order valence-corrected chi connectivity index (χ1v) is 7.23. The highest BCUT2D eigenvalue weighted by atomic mass is 32.1. The number of nitrogens with one attached hydrogen (secondary N) is 1. The van der Waals surface area contributed by atoms with E-state index < -0.39 is 0 Å². The van der Waals surface area contributed by atoms with Gasteiger partial charge in [0.25, 0.3) is 0 Å². The minimum atomic E-state index is 0.376.